The molecule has 0 aliphatic heterocycles. The van der Waals surface area contributed by atoms with Crippen molar-refractivity contribution in [1.29, 1.82) is 0 Å². The van der Waals surface area contributed by atoms with E-state index in [2.05, 4.69) is 4.18 Å². The second-order valence-electron chi connectivity index (χ2n) is 7.85. The summed E-state index contributed by atoms with van der Waals surface area (Å²) in [5.74, 6) is 0.327. The van der Waals surface area contributed by atoms with Crippen LogP contribution in [0.5, 0.6) is 11.5 Å². The lowest BCUT2D eigenvalue weighted by Gasteiger charge is -2.16. The molecule has 3 aromatic rings. The van der Waals surface area contributed by atoms with E-state index >= 15 is 0 Å². The average molecular weight is 495 g/mol. The maximum absolute atomic E-state index is 12.7. The molecular formula is C25H25F3O5S. The highest BCUT2D eigenvalue weighted by Crippen LogP contribution is 2.31. The fraction of sp³-hybridized carbons (Fsp3) is 0.280. The van der Waals surface area contributed by atoms with Crippen molar-refractivity contribution in [1.82, 2.24) is 0 Å². The van der Waals surface area contributed by atoms with Gasteiger partial charge in [0.05, 0.1) is 0 Å². The van der Waals surface area contributed by atoms with Gasteiger partial charge in [0.2, 0.25) is 0 Å². The largest absolute Gasteiger partial charge is 0.534 e. The van der Waals surface area contributed by atoms with E-state index in [0.29, 0.717) is 29.7 Å². The van der Waals surface area contributed by atoms with E-state index in [1.54, 1.807) is 21.0 Å². The van der Waals surface area contributed by atoms with E-state index in [0.717, 1.165) is 22.3 Å². The highest BCUT2D eigenvalue weighted by Gasteiger charge is 2.48. The van der Waals surface area contributed by atoms with Gasteiger partial charge in [0, 0.05) is 13.5 Å². The molecule has 34 heavy (non-hydrogen) atoms. The molecular weight excluding hydrogens is 469 g/mol. The number of hydrogen-bond donors (Lipinski definition) is 0. The summed E-state index contributed by atoms with van der Waals surface area (Å²) in [5.41, 5.74) is -0.330. The molecule has 0 unspecified atom stereocenters. The maximum Gasteiger partial charge on any atom is 0.534 e. The molecule has 0 atom stereocenters. The van der Waals surface area contributed by atoms with Crippen molar-refractivity contribution in [2.75, 3.05) is 13.9 Å². The molecule has 0 aliphatic rings. The molecule has 0 saturated heterocycles. The van der Waals surface area contributed by atoms with Gasteiger partial charge in [0.25, 0.3) is 0 Å². The van der Waals surface area contributed by atoms with Gasteiger partial charge in [-0.1, -0.05) is 42.5 Å². The quantitative estimate of drug-likeness (QED) is 0.217. The van der Waals surface area contributed by atoms with Crippen LogP contribution >= 0.6 is 0 Å². The predicted molar refractivity (Wildman–Crippen MR) is 123 cm³/mol. The van der Waals surface area contributed by atoms with Gasteiger partial charge in [-0.3, -0.25) is 0 Å². The van der Waals surface area contributed by atoms with E-state index in [1.807, 2.05) is 48.5 Å². The molecule has 0 fully saturated rings. The van der Waals surface area contributed by atoms with Crippen molar-refractivity contribution in [3.63, 3.8) is 0 Å². The summed E-state index contributed by atoms with van der Waals surface area (Å²) >= 11 is 0. The highest BCUT2D eigenvalue weighted by molar-refractivity contribution is 7.88. The molecule has 0 aromatic heterocycles. The fourth-order valence-corrected chi connectivity index (χ4v) is 4.06. The smallest absolute Gasteiger partial charge is 0.467 e. The van der Waals surface area contributed by atoms with Gasteiger partial charge in [0.1, 0.15) is 11.5 Å². The predicted octanol–water partition coefficient (Wildman–Crippen LogP) is 5.70. The Morgan fingerprint density at radius 1 is 0.853 bits per heavy atom. The van der Waals surface area contributed by atoms with Crippen molar-refractivity contribution in [3.8, 4) is 11.5 Å². The monoisotopic (exact) mass is 494 g/mol. The molecule has 5 nitrogen and oxygen atoms in total. The lowest BCUT2D eigenvalue weighted by atomic mass is 9.93. The van der Waals surface area contributed by atoms with Crippen LogP contribution in [0.4, 0.5) is 13.2 Å². The Bertz CT molecular complexity index is 1220. The van der Waals surface area contributed by atoms with Gasteiger partial charge in [-0.2, -0.15) is 21.6 Å². The van der Waals surface area contributed by atoms with Crippen molar-refractivity contribution in [2.45, 2.75) is 32.2 Å². The second kappa shape index (κ2) is 10.5. The van der Waals surface area contributed by atoms with Crippen LogP contribution in [0.3, 0.4) is 0 Å². The van der Waals surface area contributed by atoms with Crippen LogP contribution in [0, 0.1) is 13.8 Å². The Morgan fingerprint density at radius 3 is 2.09 bits per heavy atom. The first-order valence-corrected chi connectivity index (χ1v) is 11.8. The lowest BCUT2D eigenvalue weighted by molar-refractivity contribution is -0.0500. The summed E-state index contributed by atoms with van der Waals surface area (Å²) in [6, 6.07) is 18.3. The number of benzene rings is 3. The zero-order chi connectivity index (χ0) is 24.9. The summed E-state index contributed by atoms with van der Waals surface area (Å²) in [6.07, 6.45) is 1.14. The molecule has 0 saturated carbocycles. The zero-order valence-electron chi connectivity index (χ0n) is 19.0. The van der Waals surface area contributed by atoms with E-state index < -0.39 is 15.6 Å². The zero-order valence-corrected chi connectivity index (χ0v) is 19.8. The Hall–Kier alpha value is -3.04. The Kier molecular flexibility index (Phi) is 7.89. The minimum Gasteiger partial charge on any atom is -0.467 e. The van der Waals surface area contributed by atoms with E-state index in [9.17, 15) is 21.6 Å². The summed E-state index contributed by atoms with van der Waals surface area (Å²) in [7, 11) is -4.18. The van der Waals surface area contributed by atoms with Crippen LogP contribution in [-0.2, 0) is 27.7 Å². The van der Waals surface area contributed by atoms with Gasteiger partial charge in [-0.05, 0) is 71.8 Å². The molecule has 0 spiro atoms. The first-order chi connectivity index (χ1) is 16.0. The number of rotatable bonds is 9. The Labute approximate surface area is 197 Å². The van der Waals surface area contributed by atoms with Crippen LogP contribution in [0.1, 0.15) is 33.4 Å². The lowest BCUT2D eigenvalue weighted by Crippen LogP contribution is -2.28. The van der Waals surface area contributed by atoms with Crippen molar-refractivity contribution in [3.05, 3.63) is 94.0 Å². The summed E-state index contributed by atoms with van der Waals surface area (Å²) < 4.78 is 75.7. The van der Waals surface area contributed by atoms with Gasteiger partial charge in [-0.25, -0.2) is 0 Å². The maximum atomic E-state index is 12.7. The third-order valence-corrected chi connectivity index (χ3v) is 6.21. The first kappa shape index (κ1) is 25.6. The molecule has 3 rings (SSSR count). The van der Waals surface area contributed by atoms with Crippen molar-refractivity contribution in [2.24, 2.45) is 0 Å². The SMILES string of the molecule is COCOc1ccc(Cc2c(C)cc(OS(=O)(=O)C(F)(F)F)cc2C)cc1Cc1ccccc1. The van der Waals surface area contributed by atoms with Crippen LogP contribution in [0.25, 0.3) is 0 Å². The van der Waals surface area contributed by atoms with Gasteiger partial charge in [-0.15, -0.1) is 0 Å². The number of hydrogen-bond acceptors (Lipinski definition) is 5. The van der Waals surface area contributed by atoms with Crippen LogP contribution in [0.15, 0.2) is 60.7 Å². The summed E-state index contributed by atoms with van der Waals surface area (Å²) in [6.45, 7) is 3.52. The van der Waals surface area contributed by atoms with Crippen LogP contribution in [-0.4, -0.2) is 27.8 Å². The number of methoxy groups -OCH3 is 1. The van der Waals surface area contributed by atoms with E-state index in [-0.39, 0.29) is 12.5 Å². The fourth-order valence-electron chi connectivity index (χ4n) is 3.62. The highest BCUT2D eigenvalue weighted by atomic mass is 32.2. The standard InChI is InChI=1S/C25H25F3O5S/c1-17-11-22(33-34(29,30)25(26,27)28)12-18(2)23(17)15-20-9-10-24(32-16-31-3)21(14-20)13-19-7-5-4-6-8-19/h4-12,14H,13,15-16H2,1-3H3. The first-order valence-electron chi connectivity index (χ1n) is 10.4. The topological polar surface area (TPSA) is 61.8 Å². The van der Waals surface area contributed by atoms with Crippen molar-refractivity contribution >= 4 is 10.1 Å². The summed E-state index contributed by atoms with van der Waals surface area (Å²) in [4.78, 5) is 0. The average Bonchev–Trinajstić information content (AvgIpc) is 2.75. The van der Waals surface area contributed by atoms with Gasteiger partial charge in [0.15, 0.2) is 6.79 Å². The minimum atomic E-state index is -5.73. The normalized spacial score (nSPS) is 11.9. The molecule has 3 aromatic carbocycles. The van der Waals surface area contributed by atoms with Gasteiger partial charge >= 0.3 is 15.6 Å². The third kappa shape index (κ3) is 6.30. The van der Waals surface area contributed by atoms with E-state index in [1.165, 1.54) is 12.1 Å². The molecule has 0 heterocycles. The molecule has 182 valence electrons. The summed E-state index contributed by atoms with van der Waals surface area (Å²) in [5, 5.41) is 0. The van der Waals surface area contributed by atoms with Gasteiger partial charge < -0.3 is 13.7 Å². The number of ether oxygens (including phenoxy) is 2. The molecule has 0 bridgehead atoms. The van der Waals surface area contributed by atoms with E-state index in [4.69, 9.17) is 9.47 Å². The number of aryl methyl sites for hydroxylation is 2. The molecule has 0 amide bonds. The Morgan fingerprint density at radius 2 is 1.50 bits per heavy atom. The number of alkyl halides is 3. The third-order valence-electron chi connectivity index (χ3n) is 5.23. The van der Waals surface area contributed by atoms with Crippen molar-refractivity contribution < 1.29 is 35.2 Å². The second-order valence-corrected chi connectivity index (χ2v) is 9.39. The van der Waals surface area contributed by atoms with Crippen LogP contribution < -0.4 is 8.92 Å². The minimum absolute atomic E-state index is 0.113. The molecule has 9 heteroatoms. The number of halogens is 3. The molecule has 0 radical (unpaired) electrons. The van der Waals surface area contributed by atoms with Crippen LogP contribution in [0.2, 0.25) is 0 Å². The molecule has 0 aliphatic carbocycles. The Balaban J connectivity index is 1.89. The molecule has 0 N–H and O–H groups in total.